The van der Waals surface area contributed by atoms with Crippen molar-refractivity contribution in [1.29, 1.82) is 0 Å². The Morgan fingerprint density at radius 1 is 1.37 bits per heavy atom. The highest BCUT2D eigenvalue weighted by Gasteiger charge is 2.18. The molecule has 0 radical (unpaired) electrons. The second-order valence-electron chi connectivity index (χ2n) is 5.38. The third-order valence-corrected chi connectivity index (χ3v) is 3.61. The van der Waals surface area contributed by atoms with Crippen molar-refractivity contribution in [3.63, 3.8) is 0 Å². The molecule has 0 saturated heterocycles. The van der Waals surface area contributed by atoms with E-state index in [4.69, 9.17) is 0 Å². The van der Waals surface area contributed by atoms with E-state index >= 15 is 0 Å². The van der Waals surface area contributed by atoms with E-state index in [2.05, 4.69) is 5.32 Å². The number of nitrogens with one attached hydrogen (secondary N) is 1. The molecule has 4 heteroatoms. The lowest BCUT2D eigenvalue weighted by Crippen LogP contribution is -2.33. The summed E-state index contributed by atoms with van der Waals surface area (Å²) in [5.74, 6) is 0.158. The number of carbonyl (C=O) groups excluding carboxylic acids is 1. The summed E-state index contributed by atoms with van der Waals surface area (Å²) < 4.78 is 13.4. The second kappa shape index (κ2) is 6.66. The van der Waals surface area contributed by atoms with Gasteiger partial charge in [0.25, 0.3) is 0 Å². The van der Waals surface area contributed by atoms with Crippen LogP contribution in [0.2, 0.25) is 0 Å². The Bertz CT molecular complexity index is 430. The first-order valence-electron chi connectivity index (χ1n) is 6.88. The van der Waals surface area contributed by atoms with Crippen molar-refractivity contribution < 1.29 is 9.18 Å². The normalized spacial score (nSPS) is 15.9. The van der Waals surface area contributed by atoms with Crippen LogP contribution in [0.3, 0.4) is 0 Å². The van der Waals surface area contributed by atoms with Gasteiger partial charge in [0.2, 0.25) is 5.91 Å². The SMILES string of the molecule is CN(CC(=O)Nc1ccccc1F)CC1CCCC1. The molecule has 0 bridgehead atoms. The predicted octanol–water partition coefficient (Wildman–Crippen LogP) is 2.89. The van der Waals surface area contributed by atoms with Crippen LogP contribution in [0.5, 0.6) is 0 Å². The topological polar surface area (TPSA) is 32.3 Å². The molecule has 1 amide bonds. The molecule has 0 spiro atoms. The number of para-hydroxylation sites is 1. The summed E-state index contributed by atoms with van der Waals surface area (Å²) in [6.07, 6.45) is 5.14. The number of hydrogen-bond acceptors (Lipinski definition) is 2. The van der Waals surface area contributed by atoms with Crippen molar-refractivity contribution >= 4 is 11.6 Å². The summed E-state index contributed by atoms with van der Waals surface area (Å²) in [7, 11) is 1.94. The van der Waals surface area contributed by atoms with Gasteiger partial charge in [0, 0.05) is 6.54 Å². The Hall–Kier alpha value is -1.42. The summed E-state index contributed by atoms with van der Waals surface area (Å²) in [6.45, 7) is 1.26. The average molecular weight is 264 g/mol. The first kappa shape index (κ1) is 14.0. The number of carbonyl (C=O) groups is 1. The lowest BCUT2D eigenvalue weighted by molar-refractivity contribution is -0.117. The van der Waals surface area contributed by atoms with Gasteiger partial charge >= 0.3 is 0 Å². The number of nitrogens with zero attached hydrogens (tertiary/aromatic N) is 1. The predicted molar refractivity (Wildman–Crippen MR) is 74.5 cm³/mol. The standard InChI is InChI=1S/C15H21FN2O/c1-18(10-12-6-2-3-7-12)11-15(19)17-14-9-5-4-8-13(14)16/h4-5,8-9,12H,2-3,6-7,10-11H2,1H3,(H,17,19). The van der Waals surface area contributed by atoms with Gasteiger partial charge in [-0.25, -0.2) is 4.39 Å². The van der Waals surface area contributed by atoms with Crippen molar-refractivity contribution in [3.05, 3.63) is 30.1 Å². The van der Waals surface area contributed by atoms with Gasteiger partial charge in [0.15, 0.2) is 0 Å². The lowest BCUT2D eigenvalue weighted by atomic mass is 10.1. The van der Waals surface area contributed by atoms with Crippen LogP contribution in [0.4, 0.5) is 10.1 Å². The molecule has 1 fully saturated rings. The van der Waals surface area contributed by atoms with Crippen LogP contribution in [-0.2, 0) is 4.79 Å². The zero-order valence-corrected chi connectivity index (χ0v) is 11.4. The monoisotopic (exact) mass is 264 g/mol. The molecule has 104 valence electrons. The van der Waals surface area contributed by atoms with E-state index in [0.29, 0.717) is 12.5 Å². The molecule has 1 saturated carbocycles. The van der Waals surface area contributed by atoms with Gasteiger partial charge in [-0.3, -0.25) is 9.69 Å². The summed E-state index contributed by atoms with van der Waals surface area (Å²) in [5.41, 5.74) is 0.252. The number of benzene rings is 1. The van der Waals surface area contributed by atoms with Crippen LogP contribution in [0, 0.1) is 11.7 Å². The maximum absolute atomic E-state index is 13.4. The highest BCUT2D eigenvalue weighted by Crippen LogP contribution is 2.25. The number of rotatable bonds is 5. The zero-order chi connectivity index (χ0) is 13.7. The summed E-state index contributed by atoms with van der Waals surface area (Å²) in [6, 6.07) is 6.24. The summed E-state index contributed by atoms with van der Waals surface area (Å²) >= 11 is 0. The van der Waals surface area contributed by atoms with Gasteiger partial charge < -0.3 is 5.32 Å². The molecule has 1 aromatic carbocycles. The number of amides is 1. The smallest absolute Gasteiger partial charge is 0.238 e. The molecule has 0 aliphatic heterocycles. The summed E-state index contributed by atoms with van der Waals surface area (Å²) in [4.78, 5) is 13.8. The van der Waals surface area contributed by atoms with E-state index in [-0.39, 0.29) is 11.6 Å². The third kappa shape index (κ3) is 4.31. The van der Waals surface area contributed by atoms with Crippen molar-refractivity contribution in [2.24, 2.45) is 5.92 Å². The maximum Gasteiger partial charge on any atom is 0.238 e. The van der Waals surface area contributed by atoms with E-state index in [1.54, 1.807) is 18.2 Å². The van der Waals surface area contributed by atoms with Crippen LogP contribution in [0.25, 0.3) is 0 Å². The van der Waals surface area contributed by atoms with Gasteiger partial charge in [-0.2, -0.15) is 0 Å². The van der Waals surface area contributed by atoms with Gasteiger partial charge in [-0.1, -0.05) is 25.0 Å². The first-order chi connectivity index (χ1) is 9.15. The minimum Gasteiger partial charge on any atom is -0.322 e. The Kier molecular flexibility index (Phi) is 4.91. The molecular formula is C15H21FN2O. The number of anilines is 1. The van der Waals surface area contributed by atoms with Gasteiger partial charge in [0.1, 0.15) is 5.82 Å². The fourth-order valence-electron chi connectivity index (χ4n) is 2.70. The largest absolute Gasteiger partial charge is 0.322 e. The van der Waals surface area contributed by atoms with Crippen molar-refractivity contribution in [2.75, 3.05) is 25.5 Å². The molecule has 0 heterocycles. The highest BCUT2D eigenvalue weighted by atomic mass is 19.1. The Labute approximate surface area is 113 Å². The van der Waals surface area contributed by atoms with Crippen molar-refractivity contribution in [2.45, 2.75) is 25.7 Å². The molecule has 3 nitrogen and oxygen atoms in total. The first-order valence-corrected chi connectivity index (χ1v) is 6.88. The van der Waals surface area contributed by atoms with E-state index in [0.717, 1.165) is 6.54 Å². The Morgan fingerprint density at radius 3 is 2.74 bits per heavy atom. The molecule has 0 aromatic heterocycles. The van der Waals surface area contributed by atoms with Gasteiger partial charge in [0.05, 0.1) is 12.2 Å². The highest BCUT2D eigenvalue weighted by molar-refractivity contribution is 5.92. The Morgan fingerprint density at radius 2 is 2.05 bits per heavy atom. The van der Waals surface area contributed by atoms with E-state index < -0.39 is 5.82 Å². The zero-order valence-electron chi connectivity index (χ0n) is 11.4. The fourth-order valence-corrected chi connectivity index (χ4v) is 2.70. The van der Waals surface area contributed by atoms with Crippen LogP contribution >= 0.6 is 0 Å². The molecule has 2 rings (SSSR count). The quantitative estimate of drug-likeness (QED) is 0.887. The molecular weight excluding hydrogens is 243 g/mol. The number of likely N-dealkylation sites (N-methyl/N-ethyl adjacent to an activating group) is 1. The van der Waals surface area contributed by atoms with Crippen LogP contribution < -0.4 is 5.32 Å². The minimum absolute atomic E-state index is 0.161. The minimum atomic E-state index is -0.394. The number of halogens is 1. The molecule has 19 heavy (non-hydrogen) atoms. The molecule has 1 N–H and O–H groups in total. The average Bonchev–Trinajstić information content (AvgIpc) is 2.84. The van der Waals surface area contributed by atoms with Crippen molar-refractivity contribution in [1.82, 2.24) is 4.90 Å². The van der Waals surface area contributed by atoms with Crippen LogP contribution in [0.15, 0.2) is 24.3 Å². The molecule has 0 unspecified atom stereocenters. The second-order valence-corrected chi connectivity index (χ2v) is 5.38. The Balaban J connectivity index is 1.79. The number of hydrogen-bond donors (Lipinski definition) is 1. The molecule has 1 aliphatic carbocycles. The van der Waals surface area contributed by atoms with E-state index in [9.17, 15) is 9.18 Å². The van der Waals surface area contributed by atoms with Crippen LogP contribution in [-0.4, -0.2) is 30.9 Å². The van der Waals surface area contributed by atoms with Crippen molar-refractivity contribution in [3.8, 4) is 0 Å². The maximum atomic E-state index is 13.4. The molecule has 0 atom stereocenters. The third-order valence-electron chi connectivity index (χ3n) is 3.61. The van der Waals surface area contributed by atoms with Crippen LogP contribution in [0.1, 0.15) is 25.7 Å². The summed E-state index contributed by atoms with van der Waals surface area (Å²) in [5, 5.41) is 2.61. The molecule has 1 aliphatic rings. The van der Waals surface area contributed by atoms with Gasteiger partial charge in [-0.05, 0) is 37.9 Å². The lowest BCUT2D eigenvalue weighted by Gasteiger charge is -2.20. The molecule has 1 aromatic rings. The van der Waals surface area contributed by atoms with E-state index in [1.165, 1.54) is 31.7 Å². The van der Waals surface area contributed by atoms with E-state index in [1.807, 2.05) is 11.9 Å². The van der Waals surface area contributed by atoms with Gasteiger partial charge in [-0.15, -0.1) is 0 Å². The fraction of sp³-hybridized carbons (Fsp3) is 0.533.